The summed E-state index contributed by atoms with van der Waals surface area (Å²) in [6, 6.07) is 13.0. The van der Waals surface area contributed by atoms with E-state index in [0.29, 0.717) is 26.1 Å². The molecule has 4 rings (SSSR count). The largest absolute Gasteiger partial charge is 0.387 e. The summed E-state index contributed by atoms with van der Waals surface area (Å²) in [5, 5.41) is 11.0. The Kier molecular flexibility index (Phi) is 4.38. The molecule has 1 aromatic carbocycles. The zero-order valence-electron chi connectivity index (χ0n) is 14.6. The molecule has 0 saturated carbocycles. The van der Waals surface area contributed by atoms with Crippen molar-refractivity contribution in [2.45, 2.75) is 25.0 Å². The first-order valence-corrected chi connectivity index (χ1v) is 9.03. The highest BCUT2D eigenvalue weighted by molar-refractivity contribution is 5.92. The van der Waals surface area contributed by atoms with Crippen molar-refractivity contribution in [3.8, 4) is 0 Å². The number of amides is 1. The number of nitrogens with zero attached hydrogens (tertiary/aromatic N) is 2. The molecule has 0 radical (unpaired) electrons. The van der Waals surface area contributed by atoms with Crippen molar-refractivity contribution < 1.29 is 9.90 Å². The minimum absolute atomic E-state index is 0.234. The van der Waals surface area contributed by atoms with Gasteiger partial charge in [-0.15, -0.1) is 0 Å². The number of carbonyl (C=O) groups excluding carboxylic acids is 1. The van der Waals surface area contributed by atoms with Gasteiger partial charge in [0.2, 0.25) is 5.56 Å². The average molecular weight is 353 g/mol. The molecule has 1 saturated heterocycles. The molecule has 2 aliphatic rings. The number of aromatic nitrogens is 1. The first-order valence-electron chi connectivity index (χ1n) is 9.03. The molecule has 0 aliphatic carbocycles. The van der Waals surface area contributed by atoms with E-state index in [1.165, 1.54) is 17.2 Å². The van der Waals surface area contributed by atoms with Gasteiger partial charge >= 0.3 is 0 Å². The average Bonchev–Trinajstić information content (AvgIpc) is 3.03. The Morgan fingerprint density at radius 3 is 2.73 bits per heavy atom. The van der Waals surface area contributed by atoms with Gasteiger partial charge in [0.25, 0.3) is 5.91 Å². The fourth-order valence-electron chi connectivity index (χ4n) is 4.01. The van der Waals surface area contributed by atoms with Crippen LogP contribution in [0.1, 0.15) is 28.0 Å². The zero-order valence-corrected chi connectivity index (χ0v) is 14.6. The van der Waals surface area contributed by atoms with Crippen LogP contribution < -0.4 is 5.56 Å². The number of hydrogen-bond acceptors (Lipinski definition) is 4. The Morgan fingerprint density at radius 2 is 1.92 bits per heavy atom. The van der Waals surface area contributed by atoms with Crippen LogP contribution in [0.3, 0.4) is 0 Å². The van der Waals surface area contributed by atoms with Crippen molar-refractivity contribution in [2.75, 3.05) is 26.2 Å². The topological polar surface area (TPSA) is 76.6 Å². The summed E-state index contributed by atoms with van der Waals surface area (Å²) >= 11 is 0. The summed E-state index contributed by atoms with van der Waals surface area (Å²) < 4.78 is 0. The van der Waals surface area contributed by atoms with Crippen LogP contribution in [0.4, 0.5) is 0 Å². The molecule has 0 spiro atoms. The number of nitrogens with one attached hydrogen (secondary N) is 1. The predicted octanol–water partition coefficient (Wildman–Crippen LogP) is 1.01. The Morgan fingerprint density at radius 1 is 1.12 bits per heavy atom. The highest BCUT2D eigenvalue weighted by Crippen LogP contribution is 2.26. The van der Waals surface area contributed by atoms with Gasteiger partial charge in [-0.1, -0.05) is 30.3 Å². The summed E-state index contributed by atoms with van der Waals surface area (Å²) in [6.07, 6.45) is 1.54. The van der Waals surface area contributed by atoms with Crippen LogP contribution in [0, 0.1) is 0 Å². The van der Waals surface area contributed by atoms with Gasteiger partial charge in [-0.3, -0.25) is 14.5 Å². The first kappa shape index (κ1) is 17.0. The number of H-pyrrole nitrogens is 1. The number of aromatic amines is 1. The standard InChI is InChI=1S/C20H23N3O3/c24-18-7-3-6-17(21-18)19(25)23-11-9-20(26,14-23)13-22-10-8-15-4-1-2-5-16(15)12-22/h1-7,26H,8-14H2,(H,21,24). The lowest BCUT2D eigenvalue weighted by atomic mass is 9.97. The van der Waals surface area contributed by atoms with Gasteiger partial charge in [0, 0.05) is 32.2 Å². The highest BCUT2D eigenvalue weighted by atomic mass is 16.3. The van der Waals surface area contributed by atoms with Crippen molar-refractivity contribution in [1.29, 1.82) is 0 Å². The Labute approximate surface area is 152 Å². The first-order chi connectivity index (χ1) is 12.5. The lowest BCUT2D eigenvalue weighted by Gasteiger charge is -2.34. The van der Waals surface area contributed by atoms with Crippen molar-refractivity contribution in [3.05, 3.63) is 69.6 Å². The van der Waals surface area contributed by atoms with E-state index in [4.69, 9.17) is 0 Å². The SMILES string of the molecule is O=C(c1cccc(=O)[nH]1)N1CCC(O)(CN2CCc3ccccc3C2)C1. The van der Waals surface area contributed by atoms with Crippen molar-refractivity contribution in [3.63, 3.8) is 0 Å². The number of β-amino-alcohol motifs (C(OH)–C–C–N with tert-alkyl or cyclic N) is 1. The van der Waals surface area contributed by atoms with Crippen LogP contribution in [0.25, 0.3) is 0 Å². The molecule has 3 heterocycles. The molecule has 6 heteroatoms. The van der Waals surface area contributed by atoms with E-state index in [2.05, 4.69) is 28.1 Å². The molecule has 2 aromatic rings. The number of hydrogen-bond donors (Lipinski definition) is 2. The third kappa shape index (κ3) is 3.43. The second-order valence-electron chi connectivity index (χ2n) is 7.36. The van der Waals surface area contributed by atoms with Crippen LogP contribution >= 0.6 is 0 Å². The van der Waals surface area contributed by atoms with Crippen LogP contribution in [-0.2, 0) is 13.0 Å². The lowest BCUT2D eigenvalue weighted by molar-refractivity contribution is 0.00799. The Hall–Kier alpha value is -2.44. The molecule has 136 valence electrons. The van der Waals surface area contributed by atoms with Crippen LogP contribution in [0.2, 0.25) is 0 Å². The van der Waals surface area contributed by atoms with Gasteiger partial charge in [0.05, 0.1) is 12.1 Å². The van der Waals surface area contributed by atoms with Crippen molar-refractivity contribution in [1.82, 2.24) is 14.8 Å². The summed E-state index contributed by atoms with van der Waals surface area (Å²) in [5.74, 6) is -0.234. The molecule has 6 nitrogen and oxygen atoms in total. The van der Waals surface area contributed by atoms with E-state index in [1.807, 2.05) is 6.07 Å². The lowest BCUT2D eigenvalue weighted by Crippen LogP contribution is -2.47. The molecule has 1 unspecified atom stereocenters. The van der Waals surface area contributed by atoms with Gasteiger partial charge in [0.1, 0.15) is 5.69 Å². The monoisotopic (exact) mass is 353 g/mol. The summed E-state index contributed by atoms with van der Waals surface area (Å²) in [7, 11) is 0. The molecule has 2 N–H and O–H groups in total. The number of likely N-dealkylation sites (tertiary alicyclic amines) is 1. The molecule has 0 bridgehead atoms. The minimum atomic E-state index is -0.906. The van der Waals surface area contributed by atoms with Gasteiger partial charge in [0.15, 0.2) is 0 Å². The molecule has 26 heavy (non-hydrogen) atoms. The minimum Gasteiger partial charge on any atom is -0.387 e. The predicted molar refractivity (Wildman–Crippen MR) is 98.0 cm³/mol. The van der Waals surface area contributed by atoms with Crippen LogP contribution in [0.5, 0.6) is 0 Å². The van der Waals surface area contributed by atoms with Gasteiger partial charge in [-0.2, -0.15) is 0 Å². The van der Waals surface area contributed by atoms with Gasteiger partial charge in [-0.05, 0) is 30.0 Å². The number of benzene rings is 1. The smallest absolute Gasteiger partial charge is 0.270 e. The number of rotatable bonds is 3. The molecular formula is C20H23N3O3. The van der Waals surface area contributed by atoms with E-state index in [1.54, 1.807) is 17.0 Å². The summed E-state index contributed by atoms with van der Waals surface area (Å²) in [4.78, 5) is 30.4. The third-order valence-corrected chi connectivity index (χ3v) is 5.35. The number of aliphatic hydroxyl groups is 1. The second kappa shape index (κ2) is 6.70. The fraction of sp³-hybridized carbons (Fsp3) is 0.400. The summed E-state index contributed by atoms with van der Waals surface area (Å²) in [5.41, 5.74) is 1.77. The molecule has 2 aliphatic heterocycles. The van der Waals surface area contributed by atoms with Gasteiger partial charge < -0.3 is 15.0 Å². The maximum absolute atomic E-state index is 12.6. The van der Waals surface area contributed by atoms with E-state index in [9.17, 15) is 14.7 Å². The highest BCUT2D eigenvalue weighted by Gasteiger charge is 2.40. The van der Waals surface area contributed by atoms with E-state index in [-0.39, 0.29) is 17.2 Å². The molecular weight excluding hydrogens is 330 g/mol. The molecule has 1 amide bonds. The second-order valence-corrected chi connectivity index (χ2v) is 7.36. The Bertz CT molecular complexity index is 878. The number of pyridine rings is 1. The number of fused-ring (bicyclic) bond motifs is 1. The number of carbonyl (C=O) groups is 1. The van der Waals surface area contributed by atoms with Crippen molar-refractivity contribution in [2.24, 2.45) is 0 Å². The van der Waals surface area contributed by atoms with Crippen molar-refractivity contribution >= 4 is 5.91 Å². The van der Waals surface area contributed by atoms with Crippen LogP contribution in [0.15, 0.2) is 47.3 Å². The van der Waals surface area contributed by atoms with E-state index in [0.717, 1.165) is 19.5 Å². The van der Waals surface area contributed by atoms with E-state index < -0.39 is 5.60 Å². The maximum atomic E-state index is 12.6. The summed E-state index contributed by atoms with van der Waals surface area (Å²) in [6.45, 7) is 3.09. The molecule has 1 atom stereocenters. The van der Waals surface area contributed by atoms with E-state index >= 15 is 0 Å². The zero-order chi connectivity index (χ0) is 18.1. The fourth-order valence-corrected chi connectivity index (χ4v) is 4.01. The Balaban J connectivity index is 1.41. The van der Waals surface area contributed by atoms with Gasteiger partial charge in [-0.25, -0.2) is 0 Å². The third-order valence-electron chi connectivity index (χ3n) is 5.35. The molecule has 1 fully saturated rings. The van der Waals surface area contributed by atoms with Crippen LogP contribution in [-0.4, -0.2) is 57.6 Å². The molecule has 1 aromatic heterocycles. The normalized spacial score (nSPS) is 23.0. The quantitative estimate of drug-likeness (QED) is 0.863. The maximum Gasteiger partial charge on any atom is 0.270 e.